The normalized spacial score (nSPS) is 18.1. The maximum atomic E-state index is 12.9. The van der Waals surface area contributed by atoms with Crippen molar-refractivity contribution < 1.29 is 18.0 Å². The highest BCUT2D eigenvalue weighted by molar-refractivity contribution is 6.31. The van der Waals surface area contributed by atoms with E-state index in [-0.39, 0.29) is 10.9 Å². The highest BCUT2D eigenvalue weighted by atomic mass is 35.5. The number of hydrogen-bond acceptors (Lipinski definition) is 4. The van der Waals surface area contributed by atoms with Crippen molar-refractivity contribution in [2.24, 2.45) is 7.05 Å². The van der Waals surface area contributed by atoms with Gasteiger partial charge in [-0.2, -0.15) is 13.2 Å². The summed E-state index contributed by atoms with van der Waals surface area (Å²) in [4.78, 5) is 30.0. The standard InChI is InChI=1S/C25H25ClF3N5O2/c1-31-20(21(26)22(35)34(31)19-9-7-17(8-10-19)25(27,28)29)15-32-13-11-24(12-14-32)23(36)30-16-33(24)18-5-3-2-4-6-18/h2-10H,11-16H2,1H3,(H,30,36). The lowest BCUT2D eigenvalue weighted by atomic mass is 9.85. The Kier molecular flexibility index (Phi) is 6.12. The maximum absolute atomic E-state index is 12.9. The van der Waals surface area contributed by atoms with Gasteiger partial charge in [0.05, 0.1) is 23.6 Å². The minimum Gasteiger partial charge on any atom is -0.339 e. The van der Waals surface area contributed by atoms with E-state index in [1.807, 2.05) is 30.3 Å². The van der Waals surface area contributed by atoms with Crippen molar-refractivity contribution in [3.8, 4) is 5.69 Å². The molecule has 7 nitrogen and oxygen atoms in total. The molecule has 2 aliphatic heterocycles. The summed E-state index contributed by atoms with van der Waals surface area (Å²) in [5, 5.41) is 3.01. The third kappa shape index (κ3) is 4.08. The highest BCUT2D eigenvalue weighted by Crippen LogP contribution is 2.36. The van der Waals surface area contributed by atoms with Crippen LogP contribution in [-0.4, -0.2) is 45.5 Å². The number of rotatable bonds is 4. The van der Waals surface area contributed by atoms with Gasteiger partial charge in [0, 0.05) is 32.4 Å². The van der Waals surface area contributed by atoms with Crippen LogP contribution < -0.4 is 15.8 Å². The molecule has 5 rings (SSSR count). The third-order valence-electron chi connectivity index (χ3n) is 7.22. The van der Waals surface area contributed by atoms with Gasteiger partial charge in [-0.15, -0.1) is 0 Å². The largest absolute Gasteiger partial charge is 0.416 e. The van der Waals surface area contributed by atoms with Crippen LogP contribution >= 0.6 is 11.6 Å². The van der Waals surface area contributed by atoms with Gasteiger partial charge >= 0.3 is 6.18 Å². The van der Waals surface area contributed by atoms with Gasteiger partial charge in [0.15, 0.2) is 0 Å². The first kappa shape index (κ1) is 24.5. The van der Waals surface area contributed by atoms with E-state index in [1.54, 1.807) is 11.7 Å². The molecular formula is C25H25ClF3N5O2. The first-order valence-corrected chi connectivity index (χ1v) is 12.0. The van der Waals surface area contributed by atoms with Crippen molar-refractivity contribution in [2.45, 2.75) is 31.1 Å². The van der Waals surface area contributed by atoms with E-state index in [0.717, 1.165) is 17.8 Å². The average molecular weight is 520 g/mol. The Balaban J connectivity index is 1.35. The Hall–Kier alpha value is -3.24. The molecule has 0 saturated carbocycles. The topological polar surface area (TPSA) is 62.5 Å². The number of anilines is 1. The Morgan fingerprint density at radius 2 is 1.61 bits per heavy atom. The number of nitrogens with one attached hydrogen (secondary N) is 1. The van der Waals surface area contributed by atoms with Gasteiger partial charge in [-0.05, 0) is 49.2 Å². The second-order valence-corrected chi connectivity index (χ2v) is 9.56. The number of benzene rings is 2. The summed E-state index contributed by atoms with van der Waals surface area (Å²) >= 11 is 6.41. The second kappa shape index (κ2) is 9.01. The van der Waals surface area contributed by atoms with Crippen LogP contribution in [0.25, 0.3) is 5.69 Å². The number of likely N-dealkylation sites (tertiary alicyclic amines) is 1. The van der Waals surface area contributed by atoms with E-state index in [1.165, 1.54) is 16.8 Å². The lowest BCUT2D eigenvalue weighted by molar-refractivity contribution is -0.137. The molecule has 0 atom stereocenters. The molecule has 0 unspecified atom stereocenters. The quantitative estimate of drug-likeness (QED) is 0.570. The lowest BCUT2D eigenvalue weighted by Crippen LogP contribution is -2.56. The summed E-state index contributed by atoms with van der Waals surface area (Å²) in [7, 11) is 1.66. The number of halogens is 4. The van der Waals surface area contributed by atoms with Crippen LogP contribution in [0.2, 0.25) is 5.02 Å². The molecule has 2 aromatic carbocycles. The first-order valence-electron chi connectivity index (χ1n) is 11.6. The van der Waals surface area contributed by atoms with Crippen LogP contribution in [0.4, 0.5) is 18.9 Å². The fourth-order valence-electron chi connectivity index (χ4n) is 5.19. The van der Waals surface area contributed by atoms with Crippen LogP contribution in [0.15, 0.2) is 59.4 Å². The minimum absolute atomic E-state index is 0.0184. The number of alkyl halides is 3. The number of carbonyl (C=O) groups is 1. The molecule has 0 aliphatic carbocycles. The molecule has 2 saturated heterocycles. The van der Waals surface area contributed by atoms with Crippen molar-refractivity contribution in [2.75, 3.05) is 24.7 Å². The third-order valence-corrected chi connectivity index (χ3v) is 7.60. The van der Waals surface area contributed by atoms with Crippen molar-refractivity contribution in [1.29, 1.82) is 0 Å². The Morgan fingerprint density at radius 1 is 0.972 bits per heavy atom. The second-order valence-electron chi connectivity index (χ2n) is 9.18. The number of piperidine rings is 1. The Labute approximate surface area is 210 Å². The van der Waals surface area contributed by atoms with E-state index >= 15 is 0 Å². The summed E-state index contributed by atoms with van der Waals surface area (Å²) in [6, 6.07) is 14.2. The van der Waals surface area contributed by atoms with E-state index in [0.29, 0.717) is 50.5 Å². The summed E-state index contributed by atoms with van der Waals surface area (Å²) in [5.41, 5.74) is -0.0610. The summed E-state index contributed by atoms with van der Waals surface area (Å²) in [6.45, 7) is 2.07. The van der Waals surface area contributed by atoms with Crippen molar-refractivity contribution in [1.82, 2.24) is 19.6 Å². The van der Waals surface area contributed by atoms with E-state index in [4.69, 9.17) is 11.6 Å². The van der Waals surface area contributed by atoms with Gasteiger partial charge < -0.3 is 10.2 Å². The molecule has 11 heteroatoms. The monoisotopic (exact) mass is 519 g/mol. The first-order chi connectivity index (χ1) is 17.1. The summed E-state index contributed by atoms with van der Waals surface area (Å²) < 4.78 is 41.7. The maximum Gasteiger partial charge on any atom is 0.416 e. The molecule has 3 heterocycles. The van der Waals surface area contributed by atoms with Gasteiger partial charge in [0.1, 0.15) is 10.6 Å². The number of amides is 1. The van der Waals surface area contributed by atoms with Crippen LogP contribution in [-0.2, 0) is 24.6 Å². The zero-order valence-corrected chi connectivity index (χ0v) is 20.3. The molecular weight excluding hydrogens is 495 g/mol. The van der Waals surface area contributed by atoms with E-state index < -0.39 is 22.8 Å². The van der Waals surface area contributed by atoms with Crippen LogP contribution in [0.5, 0.6) is 0 Å². The minimum atomic E-state index is -4.46. The predicted octanol–water partition coefficient (Wildman–Crippen LogP) is 3.78. The van der Waals surface area contributed by atoms with Gasteiger partial charge in [-0.25, -0.2) is 4.68 Å². The zero-order chi connectivity index (χ0) is 25.7. The Morgan fingerprint density at radius 3 is 2.22 bits per heavy atom. The molecule has 2 fully saturated rings. The van der Waals surface area contributed by atoms with E-state index in [9.17, 15) is 22.8 Å². The number of para-hydroxylation sites is 1. The molecule has 1 spiro atoms. The fourth-order valence-corrected chi connectivity index (χ4v) is 5.46. The van der Waals surface area contributed by atoms with Crippen LogP contribution in [0, 0.1) is 0 Å². The average Bonchev–Trinajstić information content (AvgIpc) is 3.28. The number of carbonyl (C=O) groups excluding carboxylic acids is 1. The summed E-state index contributed by atoms with van der Waals surface area (Å²) in [6.07, 6.45) is -3.24. The molecule has 1 aromatic heterocycles. The predicted molar refractivity (Wildman–Crippen MR) is 130 cm³/mol. The van der Waals surface area contributed by atoms with Gasteiger partial charge in [0.2, 0.25) is 5.91 Å². The highest BCUT2D eigenvalue weighted by Gasteiger charge is 2.50. The van der Waals surface area contributed by atoms with Gasteiger partial charge in [-0.1, -0.05) is 29.8 Å². The lowest BCUT2D eigenvalue weighted by Gasteiger charge is -2.43. The number of nitrogens with zero attached hydrogens (tertiary/aromatic N) is 4. The molecule has 1 amide bonds. The Bertz CT molecular complexity index is 1330. The number of aromatic nitrogens is 2. The smallest absolute Gasteiger partial charge is 0.339 e. The molecule has 3 aromatic rings. The molecule has 0 radical (unpaired) electrons. The van der Waals surface area contributed by atoms with Gasteiger partial charge in [-0.3, -0.25) is 19.2 Å². The molecule has 1 N–H and O–H groups in total. The van der Waals surface area contributed by atoms with Gasteiger partial charge in [0.25, 0.3) is 5.56 Å². The molecule has 0 bridgehead atoms. The SMILES string of the molecule is Cn1c(CN2CCC3(CC2)C(=O)NCN3c2ccccc2)c(Cl)c(=O)n1-c1ccc(C(F)(F)F)cc1. The fraction of sp³-hybridized carbons (Fsp3) is 0.360. The number of hydrogen-bond donors (Lipinski definition) is 1. The molecule has 36 heavy (non-hydrogen) atoms. The van der Waals surface area contributed by atoms with Crippen molar-refractivity contribution in [3.05, 3.63) is 81.2 Å². The summed E-state index contributed by atoms with van der Waals surface area (Å²) in [5.74, 6) is 0.0184. The van der Waals surface area contributed by atoms with Crippen molar-refractivity contribution >= 4 is 23.2 Å². The zero-order valence-electron chi connectivity index (χ0n) is 19.6. The van der Waals surface area contributed by atoms with Crippen LogP contribution in [0.1, 0.15) is 24.1 Å². The molecule has 190 valence electrons. The molecule has 2 aliphatic rings. The van der Waals surface area contributed by atoms with Crippen LogP contribution in [0.3, 0.4) is 0 Å². The van der Waals surface area contributed by atoms with Crippen molar-refractivity contribution in [3.63, 3.8) is 0 Å². The van der Waals surface area contributed by atoms with E-state index in [2.05, 4.69) is 15.1 Å².